The van der Waals surface area contributed by atoms with E-state index in [-0.39, 0.29) is 23.8 Å². The summed E-state index contributed by atoms with van der Waals surface area (Å²) in [6.07, 6.45) is 1.78. The summed E-state index contributed by atoms with van der Waals surface area (Å²) in [4.78, 5) is 20.6. The smallest absolute Gasteiger partial charge is 0.248 e. The standard InChI is InChI=1S/C15H23N3O3/c1-4-20-7-13(19)18-9-15(10-18)8-17(3)6-12(15)14-16-5-11(2)21-14/h5,12H,4,6-10H2,1-3H3. The number of likely N-dealkylation sites (tertiary alicyclic amines) is 2. The molecule has 1 unspecified atom stereocenters. The van der Waals surface area contributed by atoms with Crippen LogP contribution >= 0.6 is 0 Å². The highest BCUT2D eigenvalue weighted by atomic mass is 16.5. The van der Waals surface area contributed by atoms with Crippen LogP contribution in [0.15, 0.2) is 10.6 Å². The first kappa shape index (κ1) is 14.5. The van der Waals surface area contributed by atoms with E-state index in [9.17, 15) is 4.79 Å². The molecule has 6 heteroatoms. The van der Waals surface area contributed by atoms with Crippen molar-refractivity contribution < 1.29 is 13.9 Å². The second-order valence-electron chi connectivity index (χ2n) is 6.31. The molecule has 116 valence electrons. The van der Waals surface area contributed by atoms with Gasteiger partial charge in [0, 0.05) is 38.2 Å². The molecule has 0 N–H and O–H groups in total. The van der Waals surface area contributed by atoms with Crippen LogP contribution in [-0.4, -0.2) is 67.1 Å². The van der Waals surface area contributed by atoms with Gasteiger partial charge in [0.15, 0.2) is 5.89 Å². The summed E-state index contributed by atoms with van der Waals surface area (Å²) in [7, 11) is 2.11. The van der Waals surface area contributed by atoms with Gasteiger partial charge in [-0.05, 0) is 20.9 Å². The van der Waals surface area contributed by atoms with Crippen LogP contribution in [0.5, 0.6) is 0 Å². The predicted molar refractivity (Wildman–Crippen MR) is 77.0 cm³/mol. The number of likely N-dealkylation sites (N-methyl/N-ethyl adjacent to an activating group) is 1. The van der Waals surface area contributed by atoms with Crippen LogP contribution in [0.4, 0.5) is 0 Å². The highest BCUT2D eigenvalue weighted by molar-refractivity contribution is 5.78. The number of aromatic nitrogens is 1. The van der Waals surface area contributed by atoms with Gasteiger partial charge in [-0.1, -0.05) is 0 Å². The van der Waals surface area contributed by atoms with E-state index in [4.69, 9.17) is 9.15 Å². The average Bonchev–Trinajstić information content (AvgIpc) is 2.97. The summed E-state index contributed by atoms with van der Waals surface area (Å²) >= 11 is 0. The van der Waals surface area contributed by atoms with E-state index in [0.29, 0.717) is 6.61 Å². The third-order valence-electron chi connectivity index (χ3n) is 4.55. The number of rotatable bonds is 4. The van der Waals surface area contributed by atoms with E-state index in [1.807, 2.05) is 18.7 Å². The van der Waals surface area contributed by atoms with Gasteiger partial charge in [-0.15, -0.1) is 0 Å². The normalized spacial score (nSPS) is 24.5. The molecule has 1 amide bonds. The maximum Gasteiger partial charge on any atom is 0.248 e. The van der Waals surface area contributed by atoms with E-state index < -0.39 is 0 Å². The summed E-state index contributed by atoms with van der Waals surface area (Å²) < 4.78 is 10.9. The molecule has 2 aliphatic heterocycles. The van der Waals surface area contributed by atoms with E-state index in [1.165, 1.54) is 0 Å². The number of ether oxygens (including phenoxy) is 1. The van der Waals surface area contributed by atoms with Crippen molar-refractivity contribution >= 4 is 5.91 Å². The highest BCUT2D eigenvalue weighted by Crippen LogP contribution is 2.48. The van der Waals surface area contributed by atoms with Crippen molar-refractivity contribution in [1.29, 1.82) is 0 Å². The summed E-state index contributed by atoms with van der Waals surface area (Å²) in [5, 5.41) is 0. The van der Waals surface area contributed by atoms with Gasteiger partial charge in [0.05, 0.1) is 12.1 Å². The van der Waals surface area contributed by atoms with E-state index >= 15 is 0 Å². The Kier molecular flexibility index (Phi) is 3.75. The van der Waals surface area contributed by atoms with Crippen molar-refractivity contribution in [2.24, 2.45) is 5.41 Å². The van der Waals surface area contributed by atoms with Crippen molar-refractivity contribution in [3.63, 3.8) is 0 Å². The zero-order valence-electron chi connectivity index (χ0n) is 13.0. The van der Waals surface area contributed by atoms with Gasteiger partial charge in [-0.3, -0.25) is 4.79 Å². The van der Waals surface area contributed by atoms with Crippen molar-refractivity contribution in [3.8, 4) is 0 Å². The molecule has 1 atom stereocenters. The first-order chi connectivity index (χ1) is 10.0. The number of carbonyl (C=O) groups excluding carboxylic acids is 1. The maximum atomic E-state index is 12.0. The molecule has 0 radical (unpaired) electrons. The monoisotopic (exact) mass is 293 g/mol. The second-order valence-corrected chi connectivity index (χ2v) is 6.31. The van der Waals surface area contributed by atoms with Crippen LogP contribution in [-0.2, 0) is 9.53 Å². The van der Waals surface area contributed by atoms with Crippen LogP contribution in [0.1, 0.15) is 24.5 Å². The lowest BCUT2D eigenvalue weighted by Crippen LogP contribution is -2.62. The predicted octanol–water partition coefficient (Wildman–Crippen LogP) is 0.877. The minimum absolute atomic E-state index is 0.0827. The van der Waals surface area contributed by atoms with Crippen molar-refractivity contribution in [2.45, 2.75) is 19.8 Å². The maximum absolute atomic E-state index is 12.0. The lowest BCUT2D eigenvalue weighted by atomic mass is 9.71. The molecule has 2 saturated heterocycles. The number of aryl methyl sites for hydroxylation is 1. The number of oxazole rings is 1. The molecule has 0 aromatic carbocycles. The quantitative estimate of drug-likeness (QED) is 0.824. The van der Waals surface area contributed by atoms with Crippen molar-refractivity contribution in [3.05, 3.63) is 17.8 Å². The fourth-order valence-electron chi connectivity index (χ4n) is 3.58. The van der Waals surface area contributed by atoms with Gasteiger partial charge < -0.3 is 19.0 Å². The number of amides is 1. The van der Waals surface area contributed by atoms with Gasteiger partial charge in [0.1, 0.15) is 12.4 Å². The Morgan fingerprint density at radius 3 is 2.90 bits per heavy atom. The largest absolute Gasteiger partial charge is 0.446 e. The first-order valence-corrected chi connectivity index (χ1v) is 7.50. The van der Waals surface area contributed by atoms with Crippen molar-refractivity contribution in [2.75, 3.05) is 46.4 Å². The van der Waals surface area contributed by atoms with Crippen LogP contribution in [0, 0.1) is 12.3 Å². The molecule has 0 aliphatic carbocycles. The van der Waals surface area contributed by atoms with E-state index in [1.54, 1.807) is 6.20 Å². The number of hydrogen-bond donors (Lipinski definition) is 0. The third-order valence-corrected chi connectivity index (χ3v) is 4.55. The Balaban J connectivity index is 1.68. The lowest BCUT2D eigenvalue weighted by molar-refractivity contribution is -0.148. The Hall–Kier alpha value is -1.40. The summed E-state index contributed by atoms with van der Waals surface area (Å²) in [6, 6.07) is 0. The van der Waals surface area contributed by atoms with Crippen molar-refractivity contribution in [1.82, 2.24) is 14.8 Å². The van der Waals surface area contributed by atoms with Gasteiger partial charge >= 0.3 is 0 Å². The van der Waals surface area contributed by atoms with Crippen LogP contribution in [0.25, 0.3) is 0 Å². The Bertz CT molecular complexity index is 522. The molecule has 2 aliphatic rings. The minimum atomic E-state index is 0.0827. The molecule has 0 saturated carbocycles. The molecule has 3 heterocycles. The molecule has 3 rings (SSSR count). The number of nitrogens with zero attached hydrogens (tertiary/aromatic N) is 3. The summed E-state index contributed by atoms with van der Waals surface area (Å²) in [5.74, 6) is 2.01. The van der Waals surface area contributed by atoms with Crippen LogP contribution in [0.3, 0.4) is 0 Å². The van der Waals surface area contributed by atoms with E-state index in [2.05, 4.69) is 16.9 Å². The Morgan fingerprint density at radius 1 is 1.52 bits per heavy atom. The van der Waals surface area contributed by atoms with Crippen LogP contribution < -0.4 is 0 Å². The first-order valence-electron chi connectivity index (χ1n) is 7.50. The van der Waals surface area contributed by atoms with E-state index in [0.717, 1.165) is 37.8 Å². The van der Waals surface area contributed by atoms with Crippen LogP contribution in [0.2, 0.25) is 0 Å². The fourth-order valence-corrected chi connectivity index (χ4v) is 3.58. The molecule has 21 heavy (non-hydrogen) atoms. The molecular weight excluding hydrogens is 270 g/mol. The SMILES string of the molecule is CCOCC(=O)N1CC2(CN(C)CC2c2ncc(C)o2)C1. The molecule has 1 aromatic rings. The fraction of sp³-hybridized carbons (Fsp3) is 0.733. The zero-order valence-corrected chi connectivity index (χ0v) is 13.0. The highest BCUT2D eigenvalue weighted by Gasteiger charge is 2.56. The topological polar surface area (TPSA) is 58.8 Å². The third kappa shape index (κ3) is 2.58. The zero-order chi connectivity index (χ0) is 15.0. The summed E-state index contributed by atoms with van der Waals surface area (Å²) in [6.45, 7) is 8.05. The Morgan fingerprint density at radius 2 is 2.29 bits per heavy atom. The summed E-state index contributed by atoms with van der Waals surface area (Å²) in [5.41, 5.74) is 0.0912. The molecular formula is C15H23N3O3. The molecule has 0 bridgehead atoms. The molecule has 1 aromatic heterocycles. The second kappa shape index (κ2) is 5.42. The minimum Gasteiger partial charge on any atom is -0.446 e. The Labute approximate surface area is 125 Å². The lowest BCUT2D eigenvalue weighted by Gasteiger charge is -2.50. The van der Waals surface area contributed by atoms with Gasteiger partial charge in [0.25, 0.3) is 0 Å². The van der Waals surface area contributed by atoms with Gasteiger partial charge in [0.2, 0.25) is 5.91 Å². The molecule has 1 spiro atoms. The van der Waals surface area contributed by atoms with Gasteiger partial charge in [-0.25, -0.2) is 4.98 Å². The number of carbonyl (C=O) groups is 1. The average molecular weight is 293 g/mol. The molecule has 2 fully saturated rings. The molecule has 6 nitrogen and oxygen atoms in total. The number of hydrogen-bond acceptors (Lipinski definition) is 5. The van der Waals surface area contributed by atoms with Gasteiger partial charge in [-0.2, -0.15) is 0 Å².